The molecular formula is C29H32IN3O5S. The molecule has 0 radical (unpaired) electrons. The number of nitrogens with one attached hydrogen (secondary N) is 1. The Morgan fingerprint density at radius 1 is 1.13 bits per heavy atom. The third kappa shape index (κ3) is 6.28. The van der Waals surface area contributed by atoms with Gasteiger partial charge in [0.1, 0.15) is 0 Å². The molecule has 10 heteroatoms. The molecule has 0 saturated heterocycles. The monoisotopic (exact) mass is 661 g/mol. The maximum atomic E-state index is 12.9. The summed E-state index contributed by atoms with van der Waals surface area (Å²) in [5.74, 6) is -0.452. The molecule has 0 unspecified atom stereocenters. The number of aliphatic hydroxyl groups is 1. The molecule has 206 valence electrons. The van der Waals surface area contributed by atoms with Crippen molar-refractivity contribution < 1.29 is 24.6 Å². The summed E-state index contributed by atoms with van der Waals surface area (Å²) >= 11 is -1.22. The number of aryl methyl sites for hydroxylation is 1. The summed E-state index contributed by atoms with van der Waals surface area (Å²) in [6, 6.07) is 13.1. The SMILES string of the molecule is Cc1cc(I2N=CC(=O)CC2=O)cc(O)c1C(C)(C)c1nc(-c2ccccc2)c(CC(=O)NC(C)(C)CO)s1. The summed E-state index contributed by atoms with van der Waals surface area (Å²) in [6.45, 7) is 9.17. The third-order valence-electron chi connectivity index (χ3n) is 6.39. The van der Waals surface area contributed by atoms with Crippen molar-refractivity contribution in [1.29, 1.82) is 0 Å². The number of carbonyl (C=O) groups is 3. The number of carbonyl (C=O) groups excluding carboxylic acids is 3. The molecule has 39 heavy (non-hydrogen) atoms. The topological polar surface area (TPSA) is 129 Å². The number of nitrogens with zero attached hydrogens (tertiary/aromatic N) is 2. The van der Waals surface area contributed by atoms with Crippen LogP contribution in [0.15, 0.2) is 45.7 Å². The third-order valence-corrected chi connectivity index (χ3v) is 11.9. The van der Waals surface area contributed by atoms with Gasteiger partial charge in [0.05, 0.1) is 6.61 Å². The van der Waals surface area contributed by atoms with Crippen molar-refractivity contribution in [1.82, 2.24) is 10.3 Å². The maximum absolute atomic E-state index is 12.9. The van der Waals surface area contributed by atoms with E-state index in [0.717, 1.165) is 21.0 Å². The summed E-state index contributed by atoms with van der Waals surface area (Å²) in [4.78, 5) is 42.7. The predicted octanol–water partition coefficient (Wildman–Crippen LogP) is 4.74. The van der Waals surface area contributed by atoms with Crippen LogP contribution in [0.2, 0.25) is 0 Å². The van der Waals surface area contributed by atoms with Gasteiger partial charge in [0, 0.05) is 0 Å². The molecule has 2 heterocycles. The normalized spacial score (nSPS) is 15.1. The first-order chi connectivity index (χ1) is 18.3. The molecule has 0 bridgehead atoms. The number of hydrogen-bond donors (Lipinski definition) is 3. The van der Waals surface area contributed by atoms with Crippen LogP contribution in [0, 0.1) is 10.5 Å². The van der Waals surface area contributed by atoms with Gasteiger partial charge in [0.2, 0.25) is 0 Å². The molecule has 1 aliphatic rings. The number of phenolic OH excluding ortho intramolecular Hbond substituents is 1. The van der Waals surface area contributed by atoms with Gasteiger partial charge in [-0.15, -0.1) is 0 Å². The Bertz CT molecular complexity index is 1440. The molecule has 3 N–H and O–H groups in total. The average molecular weight is 662 g/mol. The van der Waals surface area contributed by atoms with Gasteiger partial charge in [-0.25, -0.2) is 0 Å². The number of amides is 1. The molecule has 0 spiro atoms. The van der Waals surface area contributed by atoms with Crippen molar-refractivity contribution >= 4 is 53.1 Å². The van der Waals surface area contributed by atoms with Crippen molar-refractivity contribution in [3.05, 3.63) is 67.0 Å². The summed E-state index contributed by atoms with van der Waals surface area (Å²) in [5.41, 5.74) is 1.59. The Morgan fingerprint density at radius 2 is 1.82 bits per heavy atom. The van der Waals surface area contributed by atoms with Crippen LogP contribution >= 0.6 is 31.4 Å². The number of ketones is 1. The minimum atomic E-state index is -2.64. The predicted molar refractivity (Wildman–Crippen MR) is 161 cm³/mol. The molecule has 0 saturated carbocycles. The zero-order chi connectivity index (χ0) is 28.5. The summed E-state index contributed by atoms with van der Waals surface area (Å²) in [6.07, 6.45) is 1.21. The van der Waals surface area contributed by atoms with Gasteiger partial charge >= 0.3 is 215 Å². The number of phenols is 1. The fourth-order valence-electron chi connectivity index (χ4n) is 4.50. The first-order valence-electron chi connectivity index (χ1n) is 12.4. The van der Waals surface area contributed by atoms with Crippen molar-refractivity contribution in [2.24, 2.45) is 3.21 Å². The number of benzene rings is 2. The van der Waals surface area contributed by atoms with Crippen LogP contribution in [0.4, 0.5) is 0 Å². The molecular weight excluding hydrogens is 629 g/mol. The van der Waals surface area contributed by atoms with E-state index in [0.29, 0.717) is 14.8 Å². The number of Topliss-reactive ketones (excluding diaryl/α,β-unsaturated/α-hetero) is 1. The van der Waals surface area contributed by atoms with E-state index < -0.39 is 31.0 Å². The Morgan fingerprint density at radius 3 is 2.44 bits per heavy atom. The van der Waals surface area contributed by atoms with E-state index in [9.17, 15) is 24.6 Å². The second kappa shape index (κ2) is 11.3. The first-order valence-corrected chi connectivity index (χ1v) is 16.4. The van der Waals surface area contributed by atoms with Crippen LogP contribution in [0.1, 0.15) is 55.1 Å². The summed E-state index contributed by atoms with van der Waals surface area (Å²) in [7, 11) is 0. The number of aromatic nitrogens is 1. The van der Waals surface area contributed by atoms with Crippen LogP contribution in [0.3, 0.4) is 0 Å². The molecule has 0 aliphatic carbocycles. The molecule has 8 nitrogen and oxygen atoms in total. The van der Waals surface area contributed by atoms with Gasteiger partial charge in [-0.05, 0) is 13.8 Å². The molecule has 1 aliphatic heterocycles. The van der Waals surface area contributed by atoms with Gasteiger partial charge in [0.25, 0.3) is 0 Å². The molecule has 3 aromatic rings. The van der Waals surface area contributed by atoms with Crippen molar-refractivity contribution in [2.75, 3.05) is 6.61 Å². The molecule has 0 atom stereocenters. The quantitative estimate of drug-likeness (QED) is 0.182. The van der Waals surface area contributed by atoms with E-state index in [4.69, 9.17) is 4.98 Å². The number of thiazole rings is 1. The van der Waals surface area contributed by atoms with Crippen molar-refractivity contribution in [3.8, 4) is 17.0 Å². The number of aromatic hydroxyl groups is 1. The molecule has 1 aromatic heterocycles. The van der Waals surface area contributed by atoms with Crippen molar-refractivity contribution in [2.45, 2.75) is 58.4 Å². The Hall–Kier alpha value is -2.96. The fraction of sp³-hybridized carbons (Fsp3) is 0.345. The van der Waals surface area contributed by atoms with Gasteiger partial charge in [-0.2, -0.15) is 0 Å². The van der Waals surface area contributed by atoms with Crippen LogP contribution in [0.5, 0.6) is 5.75 Å². The van der Waals surface area contributed by atoms with Gasteiger partial charge < -0.3 is 5.11 Å². The van der Waals surface area contributed by atoms with E-state index in [1.165, 1.54) is 17.6 Å². The number of halogens is 1. The zero-order valence-electron chi connectivity index (χ0n) is 22.5. The standard InChI is InChI=1S/C29H32IN3O5S/c1-17-11-19(30-23(37)13-20(35)15-31-30)12-21(36)25(17)29(4,5)27-32-26(18-9-7-6-8-10-18)22(39-27)14-24(38)33-28(2,3)16-34/h6-12,15,34,36H,13-14,16H2,1-5H3,(H,33,38). The fourth-order valence-corrected chi connectivity index (χ4v) is 9.69. The van der Waals surface area contributed by atoms with Gasteiger partial charge in [-0.3, -0.25) is 0 Å². The summed E-state index contributed by atoms with van der Waals surface area (Å²) in [5, 5.41) is 24.4. The first kappa shape index (κ1) is 29.0. The number of rotatable bonds is 8. The van der Waals surface area contributed by atoms with Gasteiger partial charge in [0.15, 0.2) is 0 Å². The molecule has 1 amide bonds. The summed E-state index contributed by atoms with van der Waals surface area (Å²) < 4.78 is 4.81. The molecule has 2 aromatic carbocycles. The van der Waals surface area contributed by atoms with Crippen LogP contribution in [0.25, 0.3) is 11.3 Å². The number of hydrogen-bond acceptors (Lipinski definition) is 8. The van der Waals surface area contributed by atoms with Gasteiger partial charge in [-0.1, -0.05) is 0 Å². The molecule has 0 fully saturated rings. The second-order valence-corrected chi connectivity index (χ2v) is 16.2. The van der Waals surface area contributed by atoms with Crippen LogP contribution in [-0.4, -0.2) is 49.0 Å². The second-order valence-electron chi connectivity index (χ2n) is 10.7. The Balaban J connectivity index is 1.74. The van der Waals surface area contributed by atoms with E-state index in [-0.39, 0.29) is 40.7 Å². The minimum absolute atomic E-state index is 0.0487. The Labute approximate surface area is 239 Å². The van der Waals surface area contributed by atoms with E-state index in [2.05, 4.69) is 8.52 Å². The van der Waals surface area contributed by atoms with E-state index >= 15 is 0 Å². The van der Waals surface area contributed by atoms with Crippen LogP contribution in [-0.2, 0) is 26.2 Å². The Kier molecular flexibility index (Phi) is 8.38. The number of aliphatic hydroxyl groups excluding tert-OH is 1. The van der Waals surface area contributed by atoms with E-state index in [1.54, 1.807) is 19.9 Å². The molecule has 4 rings (SSSR count). The average Bonchev–Trinajstić information content (AvgIpc) is 3.28. The zero-order valence-corrected chi connectivity index (χ0v) is 25.5. The van der Waals surface area contributed by atoms with Crippen molar-refractivity contribution in [3.63, 3.8) is 0 Å². The van der Waals surface area contributed by atoms with E-state index in [1.807, 2.05) is 57.2 Å². The van der Waals surface area contributed by atoms with Crippen LogP contribution < -0.4 is 5.32 Å².